The van der Waals surface area contributed by atoms with Crippen molar-refractivity contribution in [2.45, 2.75) is 38.6 Å². The van der Waals surface area contributed by atoms with Crippen LogP contribution in [0.15, 0.2) is 78.9 Å². The second-order valence-electron chi connectivity index (χ2n) is 9.29. The van der Waals surface area contributed by atoms with Crippen molar-refractivity contribution in [3.05, 3.63) is 95.8 Å². The van der Waals surface area contributed by atoms with Gasteiger partial charge in [-0.3, -0.25) is 9.59 Å². The standard InChI is InChI=1S/C29H31FN2O3/c1-20(2)27(29(34)32-17-15-22(16-18-32)21-11-13-24(30)14-12-21)31-28(33)23-7-6-10-26(19-23)35-25-8-4-3-5-9-25/h3-14,19-20,22,27H,15-18H2,1-2H3,(H,31,33)/t27-/m1/s1. The molecule has 6 heteroatoms. The zero-order chi connectivity index (χ0) is 24.8. The summed E-state index contributed by atoms with van der Waals surface area (Å²) in [6.45, 7) is 5.09. The maximum atomic E-state index is 13.3. The molecule has 0 spiro atoms. The molecule has 0 saturated carbocycles. The van der Waals surface area contributed by atoms with Crippen molar-refractivity contribution in [1.29, 1.82) is 0 Å². The molecule has 0 radical (unpaired) electrons. The lowest BCUT2D eigenvalue weighted by Crippen LogP contribution is -2.52. The molecule has 0 aliphatic carbocycles. The van der Waals surface area contributed by atoms with E-state index >= 15 is 0 Å². The number of benzene rings is 3. The molecule has 1 fully saturated rings. The van der Waals surface area contributed by atoms with Crippen LogP contribution >= 0.6 is 0 Å². The number of ether oxygens (including phenoxy) is 1. The van der Waals surface area contributed by atoms with Gasteiger partial charge in [0.1, 0.15) is 23.4 Å². The van der Waals surface area contributed by atoms with E-state index in [4.69, 9.17) is 4.74 Å². The van der Waals surface area contributed by atoms with Crippen LogP contribution in [0.5, 0.6) is 11.5 Å². The van der Waals surface area contributed by atoms with Gasteiger partial charge in [-0.2, -0.15) is 0 Å². The number of carbonyl (C=O) groups excluding carboxylic acids is 2. The molecule has 4 rings (SSSR count). The Hall–Kier alpha value is -3.67. The highest BCUT2D eigenvalue weighted by Gasteiger charge is 2.31. The summed E-state index contributed by atoms with van der Waals surface area (Å²) in [6.07, 6.45) is 1.63. The van der Waals surface area contributed by atoms with Gasteiger partial charge in [0.2, 0.25) is 5.91 Å². The van der Waals surface area contributed by atoms with E-state index in [1.165, 1.54) is 12.1 Å². The number of para-hydroxylation sites is 1. The summed E-state index contributed by atoms with van der Waals surface area (Å²) in [5, 5.41) is 2.94. The van der Waals surface area contributed by atoms with Crippen LogP contribution in [0.3, 0.4) is 0 Å². The second-order valence-corrected chi connectivity index (χ2v) is 9.29. The summed E-state index contributed by atoms with van der Waals surface area (Å²) in [7, 11) is 0. The fourth-order valence-corrected chi connectivity index (χ4v) is 4.43. The first-order valence-electron chi connectivity index (χ1n) is 12.1. The van der Waals surface area contributed by atoms with E-state index in [1.807, 2.05) is 61.2 Å². The molecule has 1 N–H and O–H groups in total. The molecule has 1 atom stereocenters. The summed E-state index contributed by atoms with van der Waals surface area (Å²) in [5.74, 6) is 0.862. The Bertz CT molecular complexity index is 1140. The second kappa shape index (κ2) is 11.2. The average molecular weight is 475 g/mol. The van der Waals surface area contributed by atoms with Crippen molar-refractivity contribution < 1.29 is 18.7 Å². The van der Waals surface area contributed by atoms with Gasteiger partial charge < -0.3 is 15.0 Å². The minimum Gasteiger partial charge on any atom is -0.457 e. The van der Waals surface area contributed by atoms with E-state index < -0.39 is 6.04 Å². The number of hydrogen-bond acceptors (Lipinski definition) is 3. The highest BCUT2D eigenvalue weighted by Crippen LogP contribution is 2.29. The molecule has 3 aromatic carbocycles. The predicted molar refractivity (Wildman–Crippen MR) is 134 cm³/mol. The fraction of sp³-hybridized carbons (Fsp3) is 0.310. The van der Waals surface area contributed by atoms with Crippen molar-refractivity contribution in [1.82, 2.24) is 10.2 Å². The van der Waals surface area contributed by atoms with E-state index in [-0.39, 0.29) is 23.5 Å². The first-order valence-corrected chi connectivity index (χ1v) is 12.1. The quantitative estimate of drug-likeness (QED) is 0.472. The number of halogens is 1. The Morgan fingerprint density at radius 2 is 1.57 bits per heavy atom. The Labute approximate surface area is 205 Å². The molecule has 0 aromatic heterocycles. The van der Waals surface area contributed by atoms with Crippen LogP contribution in [-0.2, 0) is 4.79 Å². The Morgan fingerprint density at radius 1 is 0.914 bits per heavy atom. The van der Waals surface area contributed by atoms with Gasteiger partial charge in [-0.1, -0.05) is 50.2 Å². The van der Waals surface area contributed by atoms with Crippen LogP contribution in [0.1, 0.15) is 48.5 Å². The smallest absolute Gasteiger partial charge is 0.252 e. The third-order valence-electron chi connectivity index (χ3n) is 6.44. The zero-order valence-corrected chi connectivity index (χ0v) is 20.1. The van der Waals surface area contributed by atoms with Crippen LogP contribution in [0.25, 0.3) is 0 Å². The third-order valence-corrected chi connectivity index (χ3v) is 6.44. The van der Waals surface area contributed by atoms with E-state index in [0.717, 1.165) is 18.4 Å². The lowest BCUT2D eigenvalue weighted by molar-refractivity contribution is -0.135. The van der Waals surface area contributed by atoms with Crippen LogP contribution in [0.4, 0.5) is 4.39 Å². The predicted octanol–water partition coefficient (Wildman–Crippen LogP) is 5.78. The number of piperidine rings is 1. The summed E-state index contributed by atoms with van der Waals surface area (Å²) >= 11 is 0. The van der Waals surface area contributed by atoms with E-state index in [1.54, 1.807) is 24.3 Å². The molecule has 182 valence electrons. The molecule has 1 aliphatic rings. The van der Waals surface area contributed by atoms with Crippen LogP contribution in [-0.4, -0.2) is 35.8 Å². The van der Waals surface area contributed by atoms with Crippen molar-refractivity contribution >= 4 is 11.8 Å². The zero-order valence-electron chi connectivity index (χ0n) is 20.1. The number of rotatable bonds is 7. The van der Waals surface area contributed by atoms with Crippen molar-refractivity contribution in [2.24, 2.45) is 5.92 Å². The number of carbonyl (C=O) groups is 2. The first kappa shape index (κ1) is 24.5. The third kappa shape index (κ3) is 6.27. The molecule has 1 heterocycles. The van der Waals surface area contributed by atoms with Crippen molar-refractivity contribution in [3.63, 3.8) is 0 Å². The van der Waals surface area contributed by atoms with Gasteiger partial charge in [0.15, 0.2) is 0 Å². The normalized spacial score (nSPS) is 15.0. The number of nitrogens with zero attached hydrogens (tertiary/aromatic N) is 1. The van der Waals surface area contributed by atoms with Gasteiger partial charge in [-0.05, 0) is 72.7 Å². The highest BCUT2D eigenvalue weighted by molar-refractivity contribution is 5.98. The van der Waals surface area contributed by atoms with Crippen LogP contribution in [0.2, 0.25) is 0 Å². The SMILES string of the molecule is CC(C)[C@@H](NC(=O)c1cccc(Oc2ccccc2)c1)C(=O)N1CCC(c2ccc(F)cc2)CC1. The maximum Gasteiger partial charge on any atom is 0.252 e. The van der Waals surface area contributed by atoms with E-state index in [2.05, 4.69) is 5.32 Å². The number of nitrogens with one attached hydrogen (secondary N) is 1. The lowest BCUT2D eigenvalue weighted by atomic mass is 9.89. The number of amides is 2. The van der Waals surface area contributed by atoms with Gasteiger partial charge in [0, 0.05) is 18.7 Å². The van der Waals surface area contributed by atoms with E-state index in [0.29, 0.717) is 36.1 Å². The molecule has 0 unspecified atom stereocenters. The average Bonchev–Trinajstić information content (AvgIpc) is 2.88. The van der Waals surface area contributed by atoms with Gasteiger partial charge in [0.05, 0.1) is 0 Å². The van der Waals surface area contributed by atoms with Gasteiger partial charge in [-0.25, -0.2) is 4.39 Å². The molecule has 1 saturated heterocycles. The Morgan fingerprint density at radius 3 is 2.23 bits per heavy atom. The monoisotopic (exact) mass is 474 g/mol. The van der Waals surface area contributed by atoms with Gasteiger partial charge in [0.25, 0.3) is 5.91 Å². The molecule has 1 aliphatic heterocycles. The van der Waals surface area contributed by atoms with Crippen LogP contribution in [0, 0.1) is 11.7 Å². The minimum atomic E-state index is -0.622. The molecule has 5 nitrogen and oxygen atoms in total. The maximum absolute atomic E-state index is 13.3. The minimum absolute atomic E-state index is 0.0648. The first-order chi connectivity index (χ1) is 16.9. The Kier molecular flexibility index (Phi) is 7.80. The molecule has 35 heavy (non-hydrogen) atoms. The summed E-state index contributed by atoms with van der Waals surface area (Å²) in [6, 6.07) is 22.3. The largest absolute Gasteiger partial charge is 0.457 e. The van der Waals surface area contributed by atoms with Gasteiger partial charge in [-0.15, -0.1) is 0 Å². The summed E-state index contributed by atoms with van der Waals surface area (Å²) in [4.78, 5) is 28.2. The molecule has 0 bridgehead atoms. The summed E-state index contributed by atoms with van der Waals surface area (Å²) < 4.78 is 19.1. The lowest BCUT2D eigenvalue weighted by Gasteiger charge is -2.35. The number of hydrogen-bond donors (Lipinski definition) is 1. The van der Waals surface area contributed by atoms with Crippen molar-refractivity contribution in [3.8, 4) is 11.5 Å². The van der Waals surface area contributed by atoms with E-state index in [9.17, 15) is 14.0 Å². The molecule has 3 aromatic rings. The highest BCUT2D eigenvalue weighted by atomic mass is 19.1. The topological polar surface area (TPSA) is 58.6 Å². The Balaban J connectivity index is 1.38. The molecular formula is C29H31FN2O3. The number of likely N-dealkylation sites (tertiary alicyclic amines) is 1. The fourth-order valence-electron chi connectivity index (χ4n) is 4.43. The van der Waals surface area contributed by atoms with Gasteiger partial charge >= 0.3 is 0 Å². The molecular weight excluding hydrogens is 443 g/mol. The summed E-state index contributed by atoms with van der Waals surface area (Å²) in [5.41, 5.74) is 1.54. The van der Waals surface area contributed by atoms with Crippen LogP contribution < -0.4 is 10.1 Å². The van der Waals surface area contributed by atoms with Crippen molar-refractivity contribution in [2.75, 3.05) is 13.1 Å². The molecule has 2 amide bonds.